The van der Waals surface area contributed by atoms with Crippen molar-refractivity contribution < 1.29 is 0 Å². The van der Waals surface area contributed by atoms with E-state index in [1.165, 1.54) is 50.2 Å². The summed E-state index contributed by atoms with van der Waals surface area (Å²) < 4.78 is 0. The number of allylic oxidation sites excluding steroid dienone is 2. The van der Waals surface area contributed by atoms with Crippen molar-refractivity contribution in [3.8, 4) is 0 Å². The van der Waals surface area contributed by atoms with E-state index in [4.69, 9.17) is 5.73 Å². The van der Waals surface area contributed by atoms with Crippen LogP contribution in [-0.4, -0.2) is 31.1 Å². The summed E-state index contributed by atoms with van der Waals surface area (Å²) in [6, 6.07) is 0. The first-order valence-electron chi connectivity index (χ1n) is 5.99. The minimum Gasteiger partial charge on any atom is -0.368 e. The average Bonchev–Trinajstić information content (AvgIpc) is 2.58. The standard InChI is InChI=1S/C12H21N3/c13-9-11-5-6-12(14-10-11)15-7-3-1-2-4-8-15/h5-6,14H,1-4,7-10,13H2. The molecule has 0 unspecified atom stereocenters. The molecule has 0 bridgehead atoms. The molecule has 3 N–H and O–H groups in total. The molecule has 0 amide bonds. The van der Waals surface area contributed by atoms with Crippen molar-refractivity contribution in [1.82, 2.24) is 10.2 Å². The van der Waals surface area contributed by atoms with E-state index in [0.29, 0.717) is 6.54 Å². The van der Waals surface area contributed by atoms with Crippen LogP contribution in [-0.2, 0) is 0 Å². The molecule has 15 heavy (non-hydrogen) atoms. The van der Waals surface area contributed by atoms with Gasteiger partial charge in [-0.2, -0.15) is 0 Å². The molecular weight excluding hydrogens is 186 g/mol. The zero-order valence-electron chi connectivity index (χ0n) is 9.34. The van der Waals surface area contributed by atoms with Gasteiger partial charge in [-0.3, -0.25) is 0 Å². The summed E-state index contributed by atoms with van der Waals surface area (Å²) in [5.41, 5.74) is 6.89. The lowest BCUT2D eigenvalue weighted by Gasteiger charge is -2.28. The van der Waals surface area contributed by atoms with Gasteiger partial charge in [0.2, 0.25) is 0 Å². The van der Waals surface area contributed by atoms with E-state index in [1.54, 1.807) is 0 Å². The second kappa shape index (κ2) is 5.21. The van der Waals surface area contributed by atoms with Crippen LogP contribution < -0.4 is 11.1 Å². The molecule has 0 aromatic rings. The molecule has 0 spiro atoms. The predicted molar refractivity (Wildman–Crippen MR) is 63.3 cm³/mol. The van der Waals surface area contributed by atoms with Gasteiger partial charge in [-0.15, -0.1) is 0 Å². The molecule has 3 nitrogen and oxygen atoms in total. The summed E-state index contributed by atoms with van der Waals surface area (Å²) in [7, 11) is 0. The van der Waals surface area contributed by atoms with Gasteiger partial charge in [0.05, 0.1) is 0 Å². The fourth-order valence-electron chi connectivity index (χ4n) is 2.19. The summed E-state index contributed by atoms with van der Waals surface area (Å²) in [6.07, 6.45) is 9.76. The fraction of sp³-hybridized carbons (Fsp3) is 0.667. The summed E-state index contributed by atoms with van der Waals surface area (Å²) in [6.45, 7) is 3.98. The minimum absolute atomic E-state index is 0.663. The quantitative estimate of drug-likeness (QED) is 0.714. The van der Waals surface area contributed by atoms with Crippen molar-refractivity contribution in [3.63, 3.8) is 0 Å². The largest absolute Gasteiger partial charge is 0.368 e. The minimum atomic E-state index is 0.663. The van der Waals surface area contributed by atoms with Gasteiger partial charge in [0.1, 0.15) is 5.82 Å². The maximum absolute atomic E-state index is 5.60. The lowest BCUT2D eigenvalue weighted by molar-refractivity contribution is 0.333. The summed E-state index contributed by atoms with van der Waals surface area (Å²) in [5.74, 6) is 1.29. The highest BCUT2D eigenvalue weighted by Crippen LogP contribution is 2.15. The Bertz CT molecular complexity index is 260. The number of nitrogens with one attached hydrogen (secondary N) is 1. The van der Waals surface area contributed by atoms with E-state index in [-0.39, 0.29) is 0 Å². The lowest BCUT2D eigenvalue weighted by Crippen LogP contribution is -2.35. The summed E-state index contributed by atoms with van der Waals surface area (Å²) >= 11 is 0. The van der Waals surface area contributed by atoms with Crippen molar-refractivity contribution in [2.45, 2.75) is 25.7 Å². The van der Waals surface area contributed by atoms with E-state index in [0.717, 1.165) is 6.54 Å². The van der Waals surface area contributed by atoms with Gasteiger partial charge >= 0.3 is 0 Å². The first-order valence-corrected chi connectivity index (χ1v) is 5.99. The Morgan fingerprint density at radius 1 is 1.13 bits per heavy atom. The van der Waals surface area contributed by atoms with E-state index in [1.807, 2.05) is 0 Å². The Morgan fingerprint density at radius 3 is 2.40 bits per heavy atom. The van der Waals surface area contributed by atoms with Gasteiger partial charge in [0, 0.05) is 26.2 Å². The Hall–Kier alpha value is -0.960. The smallest absolute Gasteiger partial charge is 0.101 e. The second-order valence-electron chi connectivity index (χ2n) is 4.34. The van der Waals surface area contributed by atoms with Gasteiger partial charge in [-0.05, 0) is 24.5 Å². The normalized spacial score (nSPS) is 22.6. The van der Waals surface area contributed by atoms with Gasteiger partial charge < -0.3 is 16.0 Å². The monoisotopic (exact) mass is 207 g/mol. The number of nitrogens with zero attached hydrogens (tertiary/aromatic N) is 1. The molecule has 0 aromatic carbocycles. The molecular formula is C12H21N3. The highest BCUT2D eigenvalue weighted by Gasteiger charge is 2.13. The van der Waals surface area contributed by atoms with Gasteiger partial charge in [0.25, 0.3) is 0 Å². The number of rotatable bonds is 2. The number of dihydropyridines is 1. The molecule has 0 aromatic heterocycles. The molecule has 2 aliphatic rings. The Balaban J connectivity index is 1.98. The molecule has 2 aliphatic heterocycles. The first-order chi connectivity index (χ1) is 7.40. The molecule has 0 saturated carbocycles. The number of likely N-dealkylation sites (tertiary alicyclic amines) is 1. The Labute approximate surface area is 92.0 Å². The molecule has 0 atom stereocenters. The maximum atomic E-state index is 5.60. The molecule has 3 heteroatoms. The van der Waals surface area contributed by atoms with Crippen molar-refractivity contribution in [1.29, 1.82) is 0 Å². The van der Waals surface area contributed by atoms with Crippen LogP contribution in [0.5, 0.6) is 0 Å². The maximum Gasteiger partial charge on any atom is 0.101 e. The van der Waals surface area contributed by atoms with E-state index < -0.39 is 0 Å². The highest BCUT2D eigenvalue weighted by molar-refractivity contribution is 5.24. The molecule has 0 radical (unpaired) electrons. The van der Waals surface area contributed by atoms with Crippen molar-refractivity contribution in [2.24, 2.45) is 5.73 Å². The average molecular weight is 207 g/mol. The van der Waals surface area contributed by atoms with Crippen LogP contribution >= 0.6 is 0 Å². The number of hydrogen-bond acceptors (Lipinski definition) is 3. The fourth-order valence-corrected chi connectivity index (χ4v) is 2.19. The second-order valence-corrected chi connectivity index (χ2v) is 4.34. The zero-order valence-corrected chi connectivity index (χ0v) is 9.34. The SMILES string of the molecule is NCC1=CC=C(N2CCCCCC2)NC1. The third-order valence-corrected chi connectivity index (χ3v) is 3.18. The van der Waals surface area contributed by atoms with Crippen LogP contribution in [0.3, 0.4) is 0 Å². The van der Waals surface area contributed by atoms with Crippen molar-refractivity contribution in [2.75, 3.05) is 26.2 Å². The molecule has 0 aliphatic carbocycles. The molecule has 2 heterocycles. The van der Waals surface area contributed by atoms with Gasteiger partial charge in [-0.1, -0.05) is 18.9 Å². The highest BCUT2D eigenvalue weighted by atomic mass is 15.2. The van der Waals surface area contributed by atoms with E-state index in [2.05, 4.69) is 22.4 Å². The van der Waals surface area contributed by atoms with E-state index in [9.17, 15) is 0 Å². The third kappa shape index (κ3) is 2.75. The van der Waals surface area contributed by atoms with Crippen LogP contribution in [0, 0.1) is 0 Å². The Morgan fingerprint density at radius 2 is 1.87 bits per heavy atom. The molecule has 1 saturated heterocycles. The molecule has 1 fully saturated rings. The van der Waals surface area contributed by atoms with Crippen LogP contribution in [0.1, 0.15) is 25.7 Å². The lowest BCUT2D eigenvalue weighted by atomic mass is 10.2. The van der Waals surface area contributed by atoms with Crippen LogP contribution in [0.4, 0.5) is 0 Å². The van der Waals surface area contributed by atoms with Crippen molar-refractivity contribution in [3.05, 3.63) is 23.5 Å². The van der Waals surface area contributed by atoms with E-state index >= 15 is 0 Å². The summed E-state index contributed by atoms with van der Waals surface area (Å²) in [4.78, 5) is 2.47. The topological polar surface area (TPSA) is 41.3 Å². The number of nitrogens with two attached hydrogens (primary N) is 1. The Kier molecular flexibility index (Phi) is 3.67. The van der Waals surface area contributed by atoms with Gasteiger partial charge in [-0.25, -0.2) is 0 Å². The summed E-state index contributed by atoms with van der Waals surface area (Å²) in [5, 5.41) is 3.46. The van der Waals surface area contributed by atoms with Crippen LogP contribution in [0.15, 0.2) is 23.5 Å². The molecule has 2 rings (SSSR count). The zero-order chi connectivity index (χ0) is 10.5. The first kappa shape index (κ1) is 10.6. The van der Waals surface area contributed by atoms with Crippen molar-refractivity contribution >= 4 is 0 Å². The van der Waals surface area contributed by atoms with Crippen LogP contribution in [0.2, 0.25) is 0 Å². The van der Waals surface area contributed by atoms with Crippen LogP contribution in [0.25, 0.3) is 0 Å². The predicted octanol–water partition coefficient (Wildman–Crippen LogP) is 1.19. The van der Waals surface area contributed by atoms with Gasteiger partial charge in [0.15, 0.2) is 0 Å². The third-order valence-electron chi connectivity index (χ3n) is 3.18. The molecule has 84 valence electrons. The number of hydrogen-bond donors (Lipinski definition) is 2.